The van der Waals surface area contributed by atoms with Crippen LogP contribution in [0.1, 0.15) is 0 Å². The molecular weight excluding hydrogens is 254 g/mol. The van der Waals surface area contributed by atoms with E-state index in [0.29, 0.717) is 17.5 Å². The summed E-state index contributed by atoms with van der Waals surface area (Å²) in [5, 5.41) is 5.13. The molecule has 0 aliphatic heterocycles. The quantitative estimate of drug-likeness (QED) is 0.604. The van der Waals surface area contributed by atoms with Crippen molar-refractivity contribution in [2.24, 2.45) is 7.05 Å². The molecule has 3 heterocycles. The number of rotatable bonds is 2. The molecule has 20 heavy (non-hydrogen) atoms. The Balaban J connectivity index is 1.86. The smallest absolute Gasteiger partial charge is 0.294 e. The molecule has 0 saturated heterocycles. The second-order valence-electron chi connectivity index (χ2n) is 4.53. The lowest BCUT2D eigenvalue weighted by Gasteiger charge is -1.96. The van der Waals surface area contributed by atoms with Crippen LogP contribution in [0.15, 0.2) is 47.4 Å². The van der Waals surface area contributed by atoms with E-state index in [-0.39, 0.29) is 0 Å². The number of hydrogen-bond donors (Lipinski definition) is 1. The van der Waals surface area contributed by atoms with Gasteiger partial charge in [-0.3, -0.25) is 0 Å². The first-order chi connectivity index (χ1) is 9.83. The van der Waals surface area contributed by atoms with Gasteiger partial charge in [0.15, 0.2) is 5.82 Å². The summed E-state index contributed by atoms with van der Waals surface area (Å²) < 4.78 is 7.16. The maximum absolute atomic E-state index is 5.32. The van der Waals surface area contributed by atoms with E-state index in [1.165, 1.54) is 0 Å². The Morgan fingerprint density at radius 2 is 2.20 bits per heavy atom. The minimum atomic E-state index is 0.417. The van der Waals surface area contributed by atoms with Crippen molar-refractivity contribution >= 4 is 10.9 Å². The summed E-state index contributed by atoms with van der Waals surface area (Å²) in [5.74, 6) is 1.64. The fraction of sp³-hybridized carbons (Fsp3) is 0.0714. The van der Waals surface area contributed by atoms with Gasteiger partial charge < -0.3 is 14.1 Å². The average Bonchev–Trinajstić information content (AvgIpc) is 3.17. The third-order valence-corrected chi connectivity index (χ3v) is 3.27. The molecule has 0 saturated carbocycles. The van der Waals surface area contributed by atoms with Crippen molar-refractivity contribution in [2.75, 3.05) is 0 Å². The lowest BCUT2D eigenvalue weighted by molar-refractivity contribution is 0.428. The van der Waals surface area contributed by atoms with E-state index in [9.17, 15) is 0 Å². The van der Waals surface area contributed by atoms with Gasteiger partial charge in [0.2, 0.25) is 5.82 Å². The Morgan fingerprint density at radius 1 is 1.25 bits per heavy atom. The molecule has 4 rings (SSSR count). The SMILES string of the molecule is Cn1ccnc1-c1nc(-c2cccc3[nH]ccc23)no1. The molecule has 1 N–H and O–H groups in total. The molecule has 0 aliphatic carbocycles. The summed E-state index contributed by atoms with van der Waals surface area (Å²) in [4.78, 5) is 11.8. The number of nitrogens with zero attached hydrogens (tertiary/aromatic N) is 4. The second kappa shape index (κ2) is 4.06. The van der Waals surface area contributed by atoms with Crippen LogP contribution >= 0.6 is 0 Å². The Hall–Kier alpha value is -2.89. The summed E-state index contributed by atoms with van der Waals surface area (Å²) in [6.45, 7) is 0. The molecule has 98 valence electrons. The second-order valence-corrected chi connectivity index (χ2v) is 4.53. The van der Waals surface area contributed by atoms with E-state index in [1.54, 1.807) is 6.20 Å². The van der Waals surface area contributed by atoms with E-state index < -0.39 is 0 Å². The normalized spacial score (nSPS) is 11.2. The van der Waals surface area contributed by atoms with Crippen LogP contribution in [0.4, 0.5) is 0 Å². The number of H-pyrrole nitrogens is 1. The molecule has 4 aromatic rings. The zero-order valence-corrected chi connectivity index (χ0v) is 10.7. The maximum atomic E-state index is 5.32. The van der Waals surface area contributed by atoms with Gasteiger partial charge in [0, 0.05) is 42.1 Å². The molecule has 0 unspecified atom stereocenters. The summed E-state index contributed by atoms with van der Waals surface area (Å²) in [6, 6.07) is 7.95. The molecule has 6 heteroatoms. The fourth-order valence-electron chi connectivity index (χ4n) is 2.28. The van der Waals surface area contributed by atoms with Crippen LogP contribution in [-0.4, -0.2) is 24.7 Å². The van der Waals surface area contributed by atoms with E-state index in [4.69, 9.17) is 4.52 Å². The Labute approximate surface area is 114 Å². The predicted molar refractivity (Wildman–Crippen MR) is 73.8 cm³/mol. The number of aryl methyl sites for hydroxylation is 1. The molecule has 1 aromatic carbocycles. The zero-order chi connectivity index (χ0) is 13.5. The predicted octanol–water partition coefficient (Wildman–Crippen LogP) is 2.62. The summed E-state index contributed by atoms with van der Waals surface area (Å²) in [5.41, 5.74) is 1.99. The van der Waals surface area contributed by atoms with Gasteiger partial charge in [0.25, 0.3) is 5.89 Å². The van der Waals surface area contributed by atoms with Gasteiger partial charge in [-0.05, 0) is 12.1 Å². The highest BCUT2D eigenvalue weighted by Crippen LogP contribution is 2.27. The van der Waals surface area contributed by atoms with Crippen molar-refractivity contribution in [3.8, 4) is 23.1 Å². The van der Waals surface area contributed by atoms with Crippen molar-refractivity contribution in [2.45, 2.75) is 0 Å². The number of imidazole rings is 1. The first-order valence-electron chi connectivity index (χ1n) is 6.21. The van der Waals surface area contributed by atoms with Crippen LogP contribution in [0.25, 0.3) is 34.0 Å². The van der Waals surface area contributed by atoms with E-state index >= 15 is 0 Å². The largest absolute Gasteiger partial charge is 0.361 e. The van der Waals surface area contributed by atoms with Crippen molar-refractivity contribution in [1.82, 2.24) is 24.7 Å². The highest BCUT2D eigenvalue weighted by molar-refractivity contribution is 5.93. The molecule has 3 aromatic heterocycles. The Bertz CT molecular complexity index is 886. The van der Waals surface area contributed by atoms with Crippen molar-refractivity contribution < 1.29 is 4.52 Å². The van der Waals surface area contributed by atoms with Crippen LogP contribution in [-0.2, 0) is 7.05 Å². The van der Waals surface area contributed by atoms with Crippen LogP contribution < -0.4 is 0 Å². The van der Waals surface area contributed by atoms with Gasteiger partial charge in [-0.2, -0.15) is 4.98 Å². The first kappa shape index (κ1) is 11.0. The molecule has 0 radical (unpaired) electrons. The maximum Gasteiger partial charge on any atom is 0.294 e. The summed E-state index contributed by atoms with van der Waals surface area (Å²) >= 11 is 0. The minimum absolute atomic E-state index is 0.417. The molecule has 0 spiro atoms. The van der Waals surface area contributed by atoms with Crippen molar-refractivity contribution in [3.05, 3.63) is 42.9 Å². The molecule has 0 atom stereocenters. The highest BCUT2D eigenvalue weighted by atomic mass is 16.5. The Kier molecular flexibility index (Phi) is 2.23. The zero-order valence-electron chi connectivity index (χ0n) is 10.7. The van der Waals surface area contributed by atoms with Crippen LogP contribution in [0.2, 0.25) is 0 Å². The topological polar surface area (TPSA) is 72.5 Å². The van der Waals surface area contributed by atoms with Gasteiger partial charge in [-0.15, -0.1) is 0 Å². The third kappa shape index (κ3) is 1.55. The van der Waals surface area contributed by atoms with Gasteiger partial charge in [-0.25, -0.2) is 4.98 Å². The average molecular weight is 265 g/mol. The minimum Gasteiger partial charge on any atom is -0.361 e. The van der Waals surface area contributed by atoms with E-state index in [2.05, 4.69) is 20.1 Å². The monoisotopic (exact) mass is 265 g/mol. The van der Waals surface area contributed by atoms with Crippen LogP contribution in [0, 0.1) is 0 Å². The standard InChI is InChI=1S/C14H11N5O/c1-19-8-7-16-13(19)14-17-12(18-20-14)10-3-2-4-11-9(10)5-6-15-11/h2-8,15H,1H3. The van der Waals surface area contributed by atoms with Gasteiger partial charge >= 0.3 is 0 Å². The first-order valence-corrected chi connectivity index (χ1v) is 6.21. The molecule has 0 fully saturated rings. The number of fused-ring (bicyclic) bond motifs is 1. The molecular formula is C14H11N5O. The number of nitrogens with one attached hydrogen (secondary N) is 1. The number of aromatic nitrogens is 5. The van der Waals surface area contributed by atoms with Crippen LogP contribution in [0.3, 0.4) is 0 Å². The molecule has 0 aliphatic rings. The summed E-state index contributed by atoms with van der Waals surface area (Å²) in [7, 11) is 1.89. The summed E-state index contributed by atoms with van der Waals surface area (Å²) in [6.07, 6.45) is 5.44. The van der Waals surface area contributed by atoms with Gasteiger partial charge in [0.05, 0.1) is 0 Å². The Morgan fingerprint density at radius 3 is 3.05 bits per heavy atom. The van der Waals surface area contributed by atoms with Gasteiger partial charge in [0.1, 0.15) is 0 Å². The third-order valence-electron chi connectivity index (χ3n) is 3.27. The van der Waals surface area contributed by atoms with Crippen molar-refractivity contribution in [1.29, 1.82) is 0 Å². The highest BCUT2D eigenvalue weighted by Gasteiger charge is 2.15. The molecule has 6 nitrogen and oxygen atoms in total. The number of aromatic amines is 1. The van der Waals surface area contributed by atoms with Crippen LogP contribution in [0.5, 0.6) is 0 Å². The number of benzene rings is 1. The molecule has 0 bridgehead atoms. The fourth-order valence-corrected chi connectivity index (χ4v) is 2.28. The van der Waals surface area contributed by atoms with Crippen molar-refractivity contribution in [3.63, 3.8) is 0 Å². The lowest BCUT2D eigenvalue weighted by Crippen LogP contribution is -1.91. The molecule has 0 amide bonds. The van der Waals surface area contributed by atoms with Gasteiger partial charge in [-0.1, -0.05) is 17.3 Å². The number of hydrogen-bond acceptors (Lipinski definition) is 4. The van der Waals surface area contributed by atoms with E-state index in [0.717, 1.165) is 16.5 Å². The van der Waals surface area contributed by atoms with E-state index in [1.807, 2.05) is 48.3 Å². The lowest BCUT2D eigenvalue weighted by atomic mass is 10.1.